The summed E-state index contributed by atoms with van der Waals surface area (Å²) < 4.78 is 4.96. The molecule has 2 rings (SSSR count). The summed E-state index contributed by atoms with van der Waals surface area (Å²) in [7, 11) is 0. The number of nitro groups is 1. The van der Waals surface area contributed by atoms with Gasteiger partial charge in [0.15, 0.2) is 6.61 Å². The molecule has 0 aliphatic carbocycles. The molecule has 1 amide bonds. The first-order valence-electron chi connectivity index (χ1n) is 6.76. The van der Waals surface area contributed by atoms with Gasteiger partial charge in [-0.25, -0.2) is 4.79 Å². The number of anilines is 1. The van der Waals surface area contributed by atoms with Crippen molar-refractivity contribution in [1.29, 1.82) is 0 Å². The van der Waals surface area contributed by atoms with Gasteiger partial charge in [-0.15, -0.1) is 11.3 Å². The van der Waals surface area contributed by atoms with Crippen molar-refractivity contribution in [1.82, 2.24) is 0 Å². The number of nitro benzene ring substituents is 1. The van der Waals surface area contributed by atoms with Gasteiger partial charge in [0.2, 0.25) is 0 Å². The van der Waals surface area contributed by atoms with Crippen molar-refractivity contribution in [2.75, 3.05) is 11.9 Å². The quantitative estimate of drug-likeness (QED) is 0.492. The van der Waals surface area contributed by atoms with Crippen molar-refractivity contribution in [3.05, 3.63) is 54.7 Å². The van der Waals surface area contributed by atoms with Crippen molar-refractivity contribution in [3.8, 4) is 0 Å². The SMILES string of the molecule is Cc1cc(C(=O)OCC(=O)Nc2ccc([N+](=O)[O-])cc2Cl)c(C)s1. The van der Waals surface area contributed by atoms with Gasteiger partial charge < -0.3 is 10.1 Å². The number of carbonyl (C=O) groups is 2. The van der Waals surface area contributed by atoms with E-state index in [-0.39, 0.29) is 16.4 Å². The fourth-order valence-electron chi connectivity index (χ4n) is 1.95. The lowest BCUT2D eigenvalue weighted by atomic mass is 10.2. The van der Waals surface area contributed by atoms with Crippen LogP contribution in [0.25, 0.3) is 0 Å². The standard InChI is InChI=1S/C15H13ClN2O5S/c1-8-5-11(9(2)24-8)15(20)23-7-14(19)17-13-4-3-10(18(21)22)6-12(13)16/h3-6H,7H2,1-2H3,(H,17,19). The number of esters is 1. The van der Waals surface area contributed by atoms with Crippen molar-refractivity contribution in [3.63, 3.8) is 0 Å². The minimum Gasteiger partial charge on any atom is -0.452 e. The maximum absolute atomic E-state index is 11.9. The second kappa shape index (κ2) is 7.41. The number of thiophene rings is 1. The van der Waals surface area contributed by atoms with Gasteiger partial charge in [0.05, 0.1) is 21.2 Å². The lowest BCUT2D eigenvalue weighted by Gasteiger charge is -2.08. The van der Waals surface area contributed by atoms with Crippen molar-refractivity contribution < 1.29 is 19.2 Å². The molecule has 0 radical (unpaired) electrons. The third-order valence-electron chi connectivity index (χ3n) is 3.03. The van der Waals surface area contributed by atoms with Crippen LogP contribution in [0.4, 0.5) is 11.4 Å². The summed E-state index contributed by atoms with van der Waals surface area (Å²) in [6.45, 7) is 3.18. The molecule has 9 heteroatoms. The number of aryl methyl sites for hydroxylation is 2. The number of amides is 1. The molecular weight excluding hydrogens is 356 g/mol. The second-order valence-electron chi connectivity index (χ2n) is 4.87. The van der Waals surface area contributed by atoms with Gasteiger partial charge in [-0.2, -0.15) is 0 Å². The molecular formula is C15H13ClN2O5S. The number of nitrogens with zero attached hydrogens (tertiary/aromatic N) is 1. The molecule has 1 N–H and O–H groups in total. The third-order valence-corrected chi connectivity index (χ3v) is 4.31. The summed E-state index contributed by atoms with van der Waals surface area (Å²) in [4.78, 5) is 35.6. The van der Waals surface area contributed by atoms with Gasteiger partial charge in [0.25, 0.3) is 11.6 Å². The first-order valence-corrected chi connectivity index (χ1v) is 7.95. The smallest absolute Gasteiger partial charge is 0.339 e. The molecule has 1 heterocycles. The zero-order chi connectivity index (χ0) is 17.9. The zero-order valence-electron chi connectivity index (χ0n) is 12.8. The van der Waals surface area contributed by atoms with E-state index < -0.39 is 23.4 Å². The number of hydrogen-bond acceptors (Lipinski definition) is 6. The van der Waals surface area contributed by atoms with E-state index in [4.69, 9.17) is 16.3 Å². The molecule has 0 aliphatic rings. The zero-order valence-corrected chi connectivity index (χ0v) is 14.4. The normalized spacial score (nSPS) is 10.3. The Balaban J connectivity index is 1.95. The van der Waals surface area contributed by atoms with E-state index in [2.05, 4.69) is 5.32 Å². The Morgan fingerprint density at radius 1 is 1.33 bits per heavy atom. The number of nitrogens with one attached hydrogen (secondary N) is 1. The van der Waals surface area contributed by atoms with Crippen LogP contribution in [0.1, 0.15) is 20.1 Å². The molecule has 0 fully saturated rings. The highest BCUT2D eigenvalue weighted by molar-refractivity contribution is 7.12. The van der Waals surface area contributed by atoms with Crippen LogP contribution in [0.2, 0.25) is 5.02 Å². The van der Waals surface area contributed by atoms with Crippen LogP contribution >= 0.6 is 22.9 Å². The van der Waals surface area contributed by atoms with E-state index in [1.807, 2.05) is 6.92 Å². The van der Waals surface area contributed by atoms with Crippen LogP contribution in [-0.4, -0.2) is 23.4 Å². The van der Waals surface area contributed by atoms with E-state index >= 15 is 0 Å². The van der Waals surface area contributed by atoms with Gasteiger partial charge in [0, 0.05) is 21.9 Å². The molecule has 0 bridgehead atoms. The summed E-state index contributed by atoms with van der Waals surface area (Å²) in [5.41, 5.74) is 0.442. The van der Waals surface area contributed by atoms with Crippen LogP contribution < -0.4 is 5.32 Å². The Morgan fingerprint density at radius 2 is 2.04 bits per heavy atom. The average Bonchev–Trinajstić information content (AvgIpc) is 2.85. The Morgan fingerprint density at radius 3 is 2.58 bits per heavy atom. The minimum absolute atomic E-state index is 0.0215. The first-order chi connectivity index (χ1) is 11.3. The number of hydrogen-bond donors (Lipinski definition) is 1. The van der Waals surface area contributed by atoms with E-state index in [1.165, 1.54) is 23.5 Å². The molecule has 0 unspecified atom stereocenters. The monoisotopic (exact) mass is 368 g/mol. The fraction of sp³-hybridized carbons (Fsp3) is 0.200. The molecule has 0 spiro atoms. The van der Waals surface area contributed by atoms with Gasteiger partial charge in [0.1, 0.15) is 0 Å². The Kier molecular flexibility index (Phi) is 5.53. The number of rotatable bonds is 5. The Hall–Kier alpha value is -2.45. The topological polar surface area (TPSA) is 98.5 Å². The van der Waals surface area contributed by atoms with Crippen LogP contribution in [0.3, 0.4) is 0 Å². The largest absolute Gasteiger partial charge is 0.452 e. The fourth-order valence-corrected chi connectivity index (χ4v) is 3.08. The molecule has 0 saturated heterocycles. The highest BCUT2D eigenvalue weighted by Crippen LogP contribution is 2.26. The summed E-state index contributed by atoms with van der Waals surface area (Å²) >= 11 is 7.34. The van der Waals surface area contributed by atoms with Crippen LogP contribution in [0.15, 0.2) is 24.3 Å². The molecule has 0 saturated carbocycles. The lowest BCUT2D eigenvalue weighted by Crippen LogP contribution is -2.21. The van der Waals surface area contributed by atoms with Crippen LogP contribution in [0, 0.1) is 24.0 Å². The minimum atomic E-state index is -0.594. The second-order valence-corrected chi connectivity index (χ2v) is 6.74. The van der Waals surface area contributed by atoms with Crippen molar-refractivity contribution >= 4 is 46.2 Å². The van der Waals surface area contributed by atoms with E-state index in [0.717, 1.165) is 15.8 Å². The van der Waals surface area contributed by atoms with Gasteiger partial charge >= 0.3 is 5.97 Å². The van der Waals surface area contributed by atoms with Crippen LogP contribution in [0.5, 0.6) is 0 Å². The number of halogens is 1. The molecule has 2 aromatic rings. The third kappa shape index (κ3) is 4.30. The average molecular weight is 369 g/mol. The predicted molar refractivity (Wildman–Crippen MR) is 90.8 cm³/mol. The summed E-state index contributed by atoms with van der Waals surface area (Å²) in [5, 5.41) is 13.1. The number of non-ortho nitro benzene ring substituents is 1. The first kappa shape index (κ1) is 17.9. The van der Waals surface area contributed by atoms with E-state index in [9.17, 15) is 19.7 Å². The number of carbonyl (C=O) groups excluding carboxylic acids is 2. The Labute approximate surface area is 146 Å². The van der Waals surface area contributed by atoms with Gasteiger partial charge in [-0.05, 0) is 26.0 Å². The molecule has 1 aromatic carbocycles. The van der Waals surface area contributed by atoms with Crippen molar-refractivity contribution in [2.24, 2.45) is 0 Å². The molecule has 24 heavy (non-hydrogen) atoms. The molecule has 126 valence electrons. The van der Waals surface area contributed by atoms with Gasteiger partial charge in [-0.1, -0.05) is 11.6 Å². The van der Waals surface area contributed by atoms with E-state index in [1.54, 1.807) is 13.0 Å². The summed E-state index contributed by atoms with van der Waals surface area (Å²) in [6, 6.07) is 5.35. The number of benzene rings is 1. The maximum Gasteiger partial charge on any atom is 0.339 e. The highest BCUT2D eigenvalue weighted by atomic mass is 35.5. The number of ether oxygens (including phenoxy) is 1. The molecule has 7 nitrogen and oxygen atoms in total. The molecule has 1 aromatic heterocycles. The molecule has 0 atom stereocenters. The Bertz CT molecular complexity index is 818. The molecule has 0 aliphatic heterocycles. The highest BCUT2D eigenvalue weighted by Gasteiger charge is 2.16. The van der Waals surface area contributed by atoms with Gasteiger partial charge in [-0.3, -0.25) is 14.9 Å². The van der Waals surface area contributed by atoms with E-state index in [0.29, 0.717) is 5.56 Å². The predicted octanol–water partition coefficient (Wildman–Crippen LogP) is 3.72. The van der Waals surface area contributed by atoms with Crippen molar-refractivity contribution in [2.45, 2.75) is 13.8 Å². The van der Waals surface area contributed by atoms with Crippen LogP contribution in [-0.2, 0) is 9.53 Å². The maximum atomic E-state index is 11.9. The lowest BCUT2D eigenvalue weighted by molar-refractivity contribution is -0.384. The summed E-state index contributed by atoms with van der Waals surface area (Å²) in [5.74, 6) is -1.18. The summed E-state index contributed by atoms with van der Waals surface area (Å²) in [6.07, 6.45) is 0.